The molecule has 3 heterocycles. The van der Waals surface area contributed by atoms with Crippen molar-refractivity contribution in [1.82, 2.24) is 30.2 Å². The smallest absolute Gasteiger partial charge is 0.243 e. The Morgan fingerprint density at radius 1 is 1.21 bits per heavy atom. The van der Waals surface area contributed by atoms with Crippen LogP contribution in [0.4, 0.5) is 0 Å². The van der Waals surface area contributed by atoms with Gasteiger partial charge in [0.2, 0.25) is 11.8 Å². The highest BCUT2D eigenvalue weighted by Gasteiger charge is 2.40. The molecular weight excluding hydrogens is 496 g/mol. The normalized spacial score (nSPS) is 20.8. The third-order valence-electron chi connectivity index (χ3n) is 7.96. The second-order valence-corrected chi connectivity index (χ2v) is 10.9. The molecule has 0 radical (unpaired) electrons. The Kier molecular flexibility index (Phi) is 9.99. The van der Waals surface area contributed by atoms with E-state index < -0.39 is 12.1 Å². The lowest BCUT2D eigenvalue weighted by Gasteiger charge is -2.28. The second kappa shape index (κ2) is 13.4. The number of hydrogen-bond donors (Lipinski definition) is 3. The first-order valence-electron chi connectivity index (χ1n) is 14.3. The number of ether oxygens (including phenoxy) is 1. The summed E-state index contributed by atoms with van der Waals surface area (Å²) in [6.45, 7) is 14.5. The molecule has 2 saturated heterocycles. The molecule has 10 nitrogen and oxygen atoms in total. The summed E-state index contributed by atoms with van der Waals surface area (Å²) in [6, 6.07) is 7.33. The summed E-state index contributed by atoms with van der Waals surface area (Å²) in [7, 11) is 0. The minimum Gasteiger partial charge on any atom is -0.492 e. The largest absolute Gasteiger partial charge is 0.492 e. The van der Waals surface area contributed by atoms with Gasteiger partial charge in [0.15, 0.2) is 0 Å². The van der Waals surface area contributed by atoms with E-state index in [-0.39, 0.29) is 43.2 Å². The van der Waals surface area contributed by atoms with E-state index in [0.29, 0.717) is 6.61 Å². The fourth-order valence-electron chi connectivity index (χ4n) is 5.20. The summed E-state index contributed by atoms with van der Waals surface area (Å²) in [5.74, 6) is 0.318. The van der Waals surface area contributed by atoms with Crippen LogP contribution in [-0.4, -0.2) is 94.5 Å². The van der Waals surface area contributed by atoms with Crippen LogP contribution in [0.2, 0.25) is 0 Å². The monoisotopic (exact) mass is 540 g/mol. The van der Waals surface area contributed by atoms with Gasteiger partial charge in [0.1, 0.15) is 18.4 Å². The summed E-state index contributed by atoms with van der Waals surface area (Å²) in [5, 5.41) is 21.1. The highest BCUT2D eigenvalue weighted by molar-refractivity contribution is 5.89. The zero-order valence-corrected chi connectivity index (χ0v) is 23.7. The fourth-order valence-corrected chi connectivity index (χ4v) is 5.20. The van der Waals surface area contributed by atoms with Gasteiger partial charge in [-0.25, -0.2) is 0 Å². The molecule has 1 aromatic carbocycles. The summed E-state index contributed by atoms with van der Waals surface area (Å²) < 4.78 is 8.24. The molecule has 214 valence electrons. The third kappa shape index (κ3) is 7.17. The molecule has 39 heavy (non-hydrogen) atoms. The number of benzene rings is 1. The minimum atomic E-state index is -0.698. The Labute approximate surface area is 231 Å². The molecule has 1 aromatic heterocycles. The molecule has 0 saturated carbocycles. The van der Waals surface area contributed by atoms with Gasteiger partial charge in [-0.2, -0.15) is 5.10 Å². The Morgan fingerprint density at radius 2 is 1.97 bits per heavy atom. The molecule has 4 rings (SSSR count). The van der Waals surface area contributed by atoms with E-state index in [9.17, 15) is 14.7 Å². The van der Waals surface area contributed by atoms with Gasteiger partial charge < -0.3 is 25.4 Å². The van der Waals surface area contributed by atoms with E-state index in [1.807, 2.05) is 49.7 Å². The van der Waals surface area contributed by atoms with Crippen LogP contribution in [0.15, 0.2) is 30.5 Å². The Balaban J connectivity index is 1.47. The van der Waals surface area contributed by atoms with Crippen LogP contribution in [0.5, 0.6) is 5.75 Å². The van der Waals surface area contributed by atoms with Crippen molar-refractivity contribution in [3.05, 3.63) is 36.0 Å². The van der Waals surface area contributed by atoms with Gasteiger partial charge in [-0.15, -0.1) is 0 Å². The lowest BCUT2D eigenvalue weighted by atomic mass is 9.96. The van der Waals surface area contributed by atoms with Gasteiger partial charge in [0, 0.05) is 82.0 Å². The number of hydrogen-bond acceptors (Lipinski definition) is 7. The summed E-state index contributed by atoms with van der Waals surface area (Å²) in [4.78, 5) is 30.2. The molecule has 0 spiro atoms. The van der Waals surface area contributed by atoms with Gasteiger partial charge in [0.25, 0.3) is 0 Å². The van der Waals surface area contributed by atoms with Crippen LogP contribution in [0.25, 0.3) is 11.3 Å². The minimum absolute atomic E-state index is 0.0875. The second-order valence-electron chi connectivity index (χ2n) is 10.9. The van der Waals surface area contributed by atoms with Crippen LogP contribution in [0.1, 0.15) is 39.7 Å². The number of piperazine rings is 1. The molecule has 0 bridgehead atoms. The zero-order chi connectivity index (χ0) is 27.9. The number of aliphatic hydroxyl groups excluding tert-OH is 1. The molecular formula is C29H44N6O4. The highest BCUT2D eigenvalue weighted by Crippen LogP contribution is 2.28. The van der Waals surface area contributed by atoms with E-state index in [0.717, 1.165) is 61.8 Å². The quantitative estimate of drug-likeness (QED) is 0.398. The maximum absolute atomic E-state index is 13.3. The fraction of sp³-hybridized carbons (Fsp3) is 0.621. The number of aryl methyl sites for hydroxylation is 1. The molecule has 2 amide bonds. The van der Waals surface area contributed by atoms with Crippen molar-refractivity contribution < 1.29 is 19.4 Å². The topological polar surface area (TPSA) is 112 Å². The van der Waals surface area contributed by atoms with Crippen molar-refractivity contribution in [3.63, 3.8) is 0 Å². The standard InChI is InChI=1S/C29H44N6O4/c1-5-35-25(8-9-32-35)22-6-7-23(27(16-22)39-15-14-33-12-10-30-11-13-33)18-31-28(37)26-17-24(36)19-34(26)29(38)21(4)20(2)3/h6-9,16,20-21,24,26,30,36H,5,10-15,17-19H2,1-4H3,(H,31,37). The maximum atomic E-state index is 13.3. The summed E-state index contributed by atoms with van der Waals surface area (Å²) in [5.41, 5.74) is 2.87. The van der Waals surface area contributed by atoms with Crippen molar-refractivity contribution in [3.8, 4) is 17.0 Å². The van der Waals surface area contributed by atoms with E-state index >= 15 is 0 Å². The Morgan fingerprint density at radius 3 is 2.69 bits per heavy atom. The molecule has 2 aliphatic rings. The van der Waals surface area contributed by atoms with Crippen LogP contribution in [0.3, 0.4) is 0 Å². The predicted molar refractivity (Wildman–Crippen MR) is 150 cm³/mol. The van der Waals surface area contributed by atoms with Crippen LogP contribution in [-0.2, 0) is 22.7 Å². The zero-order valence-electron chi connectivity index (χ0n) is 23.7. The first-order chi connectivity index (χ1) is 18.8. The lowest BCUT2D eigenvalue weighted by molar-refractivity contribution is -0.142. The van der Waals surface area contributed by atoms with Gasteiger partial charge in [-0.05, 0) is 25.0 Å². The number of carbonyl (C=O) groups is 2. The van der Waals surface area contributed by atoms with Crippen LogP contribution >= 0.6 is 0 Å². The van der Waals surface area contributed by atoms with Crippen LogP contribution < -0.4 is 15.4 Å². The number of β-amino-alcohol motifs (C(OH)–C–C–N with tert-alkyl or cyclic N) is 1. The van der Waals surface area contributed by atoms with E-state index in [1.54, 1.807) is 11.1 Å². The maximum Gasteiger partial charge on any atom is 0.243 e. The molecule has 0 aliphatic carbocycles. The van der Waals surface area contributed by atoms with Crippen molar-refractivity contribution >= 4 is 11.8 Å². The molecule has 10 heteroatoms. The Bertz CT molecular complexity index is 1110. The number of aromatic nitrogens is 2. The number of rotatable bonds is 11. The van der Waals surface area contributed by atoms with Crippen molar-refractivity contribution in [2.45, 2.75) is 59.4 Å². The summed E-state index contributed by atoms with van der Waals surface area (Å²) >= 11 is 0. The SMILES string of the molecule is CCn1nccc1-c1ccc(CNC(=O)C2CC(O)CN2C(=O)C(C)C(C)C)c(OCCN2CCNCC2)c1. The molecule has 2 aliphatic heterocycles. The average molecular weight is 541 g/mol. The van der Waals surface area contributed by atoms with Gasteiger partial charge in [-0.3, -0.25) is 19.2 Å². The number of carbonyl (C=O) groups excluding carboxylic acids is 2. The third-order valence-corrected chi connectivity index (χ3v) is 7.96. The number of nitrogens with one attached hydrogen (secondary N) is 2. The number of amides is 2. The molecule has 3 atom stereocenters. The van der Waals surface area contributed by atoms with Crippen molar-refractivity contribution in [2.75, 3.05) is 45.9 Å². The molecule has 3 unspecified atom stereocenters. The highest BCUT2D eigenvalue weighted by atomic mass is 16.5. The van der Waals surface area contributed by atoms with Crippen molar-refractivity contribution in [1.29, 1.82) is 0 Å². The van der Waals surface area contributed by atoms with Gasteiger partial charge in [0.05, 0.1) is 11.8 Å². The number of likely N-dealkylation sites (tertiary alicyclic amines) is 1. The Hall–Kier alpha value is -2.95. The van der Waals surface area contributed by atoms with Gasteiger partial charge in [-0.1, -0.05) is 32.9 Å². The van der Waals surface area contributed by atoms with Gasteiger partial charge >= 0.3 is 0 Å². The van der Waals surface area contributed by atoms with E-state index in [2.05, 4.69) is 27.6 Å². The van der Waals surface area contributed by atoms with Crippen molar-refractivity contribution in [2.24, 2.45) is 11.8 Å². The molecule has 2 aromatic rings. The molecule has 3 N–H and O–H groups in total. The van der Waals surface area contributed by atoms with Crippen LogP contribution in [0, 0.1) is 11.8 Å². The lowest BCUT2D eigenvalue weighted by Crippen LogP contribution is -2.48. The average Bonchev–Trinajstić information content (AvgIpc) is 3.58. The van der Waals surface area contributed by atoms with E-state index in [1.165, 1.54) is 0 Å². The first-order valence-corrected chi connectivity index (χ1v) is 14.3. The summed E-state index contributed by atoms with van der Waals surface area (Å²) in [6.07, 6.45) is 1.34. The molecule has 2 fully saturated rings. The first kappa shape index (κ1) is 29.0. The predicted octanol–water partition coefficient (Wildman–Crippen LogP) is 1.72. The number of nitrogens with zero attached hydrogens (tertiary/aromatic N) is 4. The number of aliphatic hydroxyl groups is 1. The van der Waals surface area contributed by atoms with E-state index in [4.69, 9.17) is 4.74 Å².